The molecule has 3 rings (SSSR count). The summed E-state index contributed by atoms with van der Waals surface area (Å²) in [6.45, 7) is 2.36. The van der Waals surface area contributed by atoms with Crippen LogP contribution in [-0.2, 0) is 17.7 Å². The van der Waals surface area contributed by atoms with E-state index in [-0.39, 0.29) is 11.8 Å². The van der Waals surface area contributed by atoms with E-state index in [9.17, 15) is 4.79 Å². The Hall–Kier alpha value is -2.50. The lowest BCUT2D eigenvalue weighted by Gasteiger charge is -2.14. The number of aromatic nitrogens is 2. The predicted molar refractivity (Wildman–Crippen MR) is 77.3 cm³/mol. The number of rotatable bonds is 3. The summed E-state index contributed by atoms with van der Waals surface area (Å²) in [4.78, 5) is 15.8. The highest BCUT2D eigenvalue weighted by molar-refractivity contribution is 5.92. The van der Waals surface area contributed by atoms with Crippen molar-refractivity contribution >= 4 is 11.8 Å². The zero-order valence-electron chi connectivity index (χ0n) is 12.0. The maximum Gasteiger partial charge on any atom is 0.360 e. The smallest absolute Gasteiger partial charge is 0.360 e. The van der Waals surface area contributed by atoms with Crippen molar-refractivity contribution in [2.24, 2.45) is 0 Å². The van der Waals surface area contributed by atoms with Crippen LogP contribution in [-0.4, -0.2) is 28.7 Å². The molecule has 1 aliphatic heterocycles. The number of para-hydroxylation sites is 1. The zero-order valence-corrected chi connectivity index (χ0v) is 12.0. The molecule has 0 aliphatic carbocycles. The van der Waals surface area contributed by atoms with Crippen LogP contribution in [0.5, 0.6) is 5.75 Å². The van der Waals surface area contributed by atoms with Crippen molar-refractivity contribution in [3.8, 4) is 5.75 Å². The normalized spacial score (nSPS) is 16.4. The lowest BCUT2D eigenvalue weighted by molar-refractivity contribution is 0.0595. The summed E-state index contributed by atoms with van der Waals surface area (Å²) in [6.07, 6.45) is 0.809. The molecule has 1 atom stereocenters. The van der Waals surface area contributed by atoms with Gasteiger partial charge in [-0.3, -0.25) is 0 Å². The maximum atomic E-state index is 11.6. The average Bonchev–Trinajstić information content (AvgIpc) is 3.02. The van der Waals surface area contributed by atoms with Crippen LogP contribution in [0.1, 0.15) is 21.9 Å². The molecule has 0 spiro atoms. The van der Waals surface area contributed by atoms with Crippen LogP contribution in [0.4, 0.5) is 5.82 Å². The molecule has 6 heteroatoms. The number of methoxy groups -OCH3 is 1. The summed E-state index contributed by atoms with van der Waals surface area (Å²) in [5.41, 5.74) is 7.35. The quantitative estimate of drug-likeness (QED) is 0.867. The van der Waals surface area contributed by atoms with Crippen molar-refractivity contribution in [3.05, 3.63) is 41.3 Å². The van der Waals surface area contributed by atoms with Gasteiger partial charge in [-0.05, 0) is 18.6 Å². The summed E-state index contributed by atoms with van der Waals surface area (Å²) >= 11 is 0. The molecule has 2 heterocycles. The standard InChI is InChI=1S/C15H17N3O3/c1-9-17-13(15(19)20-2)14(16)18(9)8-11-7-10-5-3-4-6-12(10)21-11/h3-6,11H,7-8,16H2,1-2H3. The van der Waals surface area contributed by atoms with E-state index >= 15 is 0 Å². The second-order valence-corrected chi connectivity index (χ2v) is 5.05. The minimum absolute atomic E-state index is 0.0110. The van der Waals surface area contributed by atoms with Gasteiger partial charge >= 0.3 is 5.97 Å². The van der Waals surface area contributed by atoms with Gasteiger partial charge in [-0.25, -0.2) is 9.78 Å². The Balaban J connectivity index is 1.81. The lowest BCUT2D eigenvalue weighted by atomic mass is 10.1. The number of carbonyl (C=O) groups excluding carboxylic acids is 1. The Morgan fingerprint density at radius 2 is 2.29 bits per heavy atom. The number of nitrogens with two attached hydrogens (primary N) is 1. The Morgan fingerprint density at radius 1 is 1.52 bits per heavy atom. The van der Waals surface area contributed by atoms with Crippen LogP contribution in [0.2, 0.25) is 0 Å². The SMILES string of the molecule is COC(=O)c1nc(C)n(CC2Cc3ccccc3O2)c1N. The zero-order chi connectivity index (χ0) is 15.0. The van der Waals surface area contributed by atoms with Gasteiger partial charge in [-0.2, -0.15) is 0 Å². The fourth-order valence-electron chi connectivity index (χ4n) is 2.62. The summed E-state index contributed by atoms with van der Waals surface area (Å²) in [5.74, 6) is 1.38. The summed E-state index contributed by atoms with van der Waals surface area (Å²) in [5, 5.41) is 0. The van der Waals surface area contributed by atoms with E-state index < -0.39 is 5.97 Å². The van der Waals surface area contributed by atoms with Crippen LogP contribution in [0.15, 0.2) is 24.3 Å². The minimum atomic E-state index is -0.523. The minimum Gasteiger partial charge on any atom is -0.488 e. The van der Waals surface area contributed by atoms with E-state index in [1.165, 1.54) is 12.7 Å². The van der Waals surface area contributed by atoms with E-state index in [0.29, 0.717) is 18.2 Å². The number of imidazole rings is 1. The number of hydrogen-bond acceptors (Lipinski definition) is 5. The fraction of sp³-hybridized carbons (Fsp3) is 0.333. The molecule has 1 aromatic heterocycles. The van der Waals surface area contributed by atoms with Crippen molar-refractivity contribution in [2.45, 2.75) is 26.0 Å². The Kier molecular flexibility index (Phi) is 3.29. The molecular formula is C15H17N3O3. The summed E-state index contributed by atoms with van der Waals surface area (Å²) in [7, 11) is 1.31. The number of esters is 1. The van der Waals surface area contributed by atoms with Gasteiger partial charge in [-0.1, -0.05) is 18.2 Å². The number of hydrogen-bond donors (Lipinski definition) is 1. The van der Waals surface area contributed by atoms with Gasteiger partial charge in [0.2, 0.25) is 0 Å². The molecule has 110 valence electrons. The highest BCUT2D eigenvalue weighted by atomic mass is 16.5. The molecule has 1 aliphatic rings. The van der Waals surface area contributed by atoms with Gasteiger partial charge in [0.15, 0.2) is 5.69 Å². The molecule has 0 saturated heterocycles. The molecular weight excluding hydrogens is 270 g/mol. The van der Waals surface area contributed by atoms with Crippen molar-refractivity contribution in [3.63, 3.8) is 0 Å². The molecule has 0 amide bonds. The van der Waals surface area contributed by atoms with Gasteiger partial charge in [0.1, 0.15) is 23.5 Å². The number of anilines is 1. The molecule has 0 fully saturated rings. The van der Waals surface area contributed by atoms with Crippen LogP contribution < -0.4 is 10.5 Å². The number of benzene rings is 1. The number of carbonyl (C=O) groups is 1. The van der Waals surface area contributed by atoms with Crippen molar-refractivity contribution in [2.75, 3.05) is 12.8 Å². The van der Waals surface area contributed by atoms with Gasteiger partial charge in [-0.15, -0.1) is 0 Å². The number of fused-ring (bicyclic) bond motifs is 1. The van der Waals surface area contributed by atoms with Crippen LogP contribution in [0.3, 0.4) is 0 Å². The van der Waals surface area contributed by atoms with E-state index in [1.807, 2.05) is 25.1 Å². The van der Waals surface area contributed by atoms with Crippen LogP contribution >= 0.6 is 0 Å². The largest absolute Gasteiger partial charge is 0.488 e. The average molecular weight is 287 g/mol. The number of ether oxygens (including phenoxy) is 2. The Morgan fingerprint density at radius 3 is 3.00 bits per heavy atom. The van der Waals surface area contributed by atoms with Gasteiger partial charge < -0.3 is 19.8 Å². The van der Waals surface area contributed by atoms with Crippen molar-refractivity contribution in [1.29, 1.82) is 0 Å². The van der Waals surface area contributed by atoms with Gasteiger partial charge in [0.25, 0.3) is 0 Å². The first-order chi connectivity index (χ1) is 10.1. The van der Waals surface area contributed by atoms with E-state index in [1.54, 1.807) is 4.57 Å². The number of aryl methyl sites for hydroxylation is 1. The van der Waals surface area contributed by atoms with Gasteiger partial charge in [0, 0.05) is 6.42 Å². The third kappa shape index (κ3) is 2.33. The first kappa shape index (κ1) is 13.5. The number of nitrogen functional groups attached to an aromatic ring is 1. The molecule has 0 bridgehead atoms. The molecule has 21 heavy (non-hydrogen) atoms. The van der Waals surface area contributed by atoms with E-state index in [0.717, 1.165) is 12.2 Å². The molecule has 2 aromatic rings. The highest BCUT2D eigenvalue weighted by Crippen LogP contribution is 2.29. The Labute approximate surface area is 122 Å². The molecule has 6 nitrogen and oxygen atoms in total. The second-order valence-electron chi connectivity index (χ2n) is 5.05. The first-order valence-electron chi connectivity index (χ1n) is 6.75. The topological polar surface area (TPSA) is 79.4 Å². The predicted octanol–water partition coefficient (Wildman–Crippen LogP) is 1.56. The highest BCUT2D eigenvalue weighted by Gasteiger charge is 2.26. The number of nitrogens with zero attached hydrogens (tertiary/aromatic N) is 2. The summed E-state index contributed by atoms with van der Waals surface area (Å²) < 4.78 is 12.4. The van der Waals surface area contributed by atoms with E-state index in [2.05, 4.69) is 15.8 Å². The maximum absolute atomic E-state index is 11.6. The Bertz CT molecular complexity index is 668. The molecule has 1 aromatic carbocycles. The summed E-state index contributed by atoms with van der Waals surface area (Å²) in [6, 6.07) is 7.96. The van der Waals surface area contributed by atoms with E-state index in [4.69, 9.17) is 10.5 Å². The van der Waals surface area contributed by atoms with Crippen molar-refractivity contribution in [1.82, 2.24) is 9.55 Å². The van der Waals surface area contributed by atoms with Crippen LogP contribution in [0.25, 0.3) is 0 Å². The monoisotopic (exact) mass is 287 g/mol. The molecule has 1 unspecified atom stereocenters. The first-order valence-corrected chi connectivity index (χ1v) is 6.75. The fourth-order valence-corrected chi connectivity index (χ4v) is 2.62. The molecule has 0 radical (unpaired) electrons. The molecule has 0 saturated carbocycles. The third-order valence-corrected chi connectivity index (χ3v) is 3.68. The lowest BCUT2D eigenvalue weighted by Crippen LogP contribution is -2.22. The third-order valence-electron chi connectivity index (χ3n) is 3.68. The van der Waals surface area contributed by atoms with Gasteiger partial charge in [0.05, 0.1) is 13.7 Å². The van der Waals surface area contributed by atoms with Crippen LogP contribution in [0, 0.1) is 6.92 Å². The second kappa shape index (κ2) is 5.12. The van der Waals surface area contributed by atoms with Crippen molar-refractivity contribution < 1.29 is 14.3 Å². The molecule has 2 N–H and O–H groups in total.